The summed E-state index contributed by atoms with van der Waals surface area (Å²) in [7, 11) is 0. The number of hydrogen-bond donors (Lipinski definition) is 0. The smallest absolute Gasteiger partial charge is 0.308 e. The Morgan fingerprint density at radius 1 is 1.00 bits per heavy atom. The first-order valence-electron chi connectivity index (χ1n) is 8.92. The van der Waals surface area contributed by atoms with Crippen LogP contribution >= 0.6 is 0 Å². The van der Waals surface area contributed by atoms with Crippen LogP contribution in [0.2, 0.25) is 0 Å². The topological polar surface area (TPSA) is 34.5 Å². The number of aromatic nitrogens is 1. The standard InChI is InChI=1S/C22H22N2O2/c1-17(25)26-20-11-9-18(10-12-20)16-24-15-14-23-13-5-8-21(23)22(24)19-6-3-2-4-7-19/h2-13,22H,14-16H2,1H3. The highest BCUT2D eigenvalue weighted by atomic mass is 16.5. The van der Waals surface area contributed by atoms with Crippen LogP contribution in [0, 0.1) is 0 Å². The van der Waals surface area contributed by atoms with E-state index < -0.39 is 0 Å². The maximum atomic E-state index is 11.1. The van der Waals surface area contributed by atoms with Gasteiger partial charge in [-0.15, -0.1) is 0 Å². The lowest BCUT2D eigenvalue weighted by atomic mass is 9.99. The molecule has 0 radical (unpaired) electrons. The zero-order chi connectivity index (χ0) is 17.9. The van der Waals surface area contributed by atoms with Gasteiger partial charge < -0.3 is 9.30 Å². The van der Waals surface area contributed by atoms with Crippen molar-refractivity contribution in [2.24, 2.45) is 0 Å². The molecule has 4 heteroatoms. The van der Waals surface area contributed by atoms with Crippen molar-refractivity contribution < 1.29 is 9.53 Å². The Morgan fingerprint density at radius 3 is 2.50 bits per heavy atom. The number of nitrogens with zero attached hydrogens (tertiary/aromatic N) is 2. The van der Waals surface area contributed by atoms with E-state index in [4.69, 9.17) is 4.74 Å². The summed E-state index contributed by atoms with van der Waals surface area (Å²) >= 11 is 0. The maximum Gasteiger partial charge on any atom is 0.308 e. The fraction of sp³-hybridized carbons (Fsp3) is 0.227. The normalized spacial score (nSPS) is 16.9. The molecule has 4 rings (SSSR count). The molecule has 26 heavy (non-hydrogen) atoms. The minimum absolute atomic E-state index is 0.244. The lowest BCUT2D eigenvalue weighted by molar-refractivity contribution is -0.131. The SMILES string of the molecule is CC(=O)Oc1ccc(CN2CCn3cccc3C2c2ccccc2)cc1. The van der Waals surface area contributed by atoms with Gasteiger partial charge in [-0.2, -0.15) is 0 Å². The zero-order valence-corrected chi connectivity index (χ0v) is 14.8. The summed E-state index contributed by atoms with van der Waals surface area (Å²) in [4.78, 5) is 13.6. The van der Waals surface area contributed by atoms with Gasteiger partial charge in [0.05, 0.1) is 6.04 Å². The van der Waals surface area contributed by atoms with Crippen molar-refractivity contribution in [2.75, 3.05) is 6.54 Å². The van der Waals surface area contributed by atoms with Crippen LogP contribution in [-0.4, -0.2) is 22.0 Å². The first-order valence-corrected chi connectivity index (χ1v) is 8.92. The predicted molar refractivity (Wildman–Crippen MR) is 101 cm³/mol. The minimum Gasteiger partial charge on any atom is -0.427 e. The van der Waals surface area contributed by atoms with Gasteiger partial charge in [0.15, 0.2) is 0 Å². The van der Waals surface area contributed by atoms with E-state index in [-0.39, 0.29) is 12.0 Å². The molecule has 1 unspecified atom stereocenters. The summed E-state index contributed by atoms with van der Waals surface area (Å²) in [6.07, 6.45) is 2.16. The number of hydrogen-bond acceptors (Lipinski definition) is 3. The van der Waals surface area contributed by atoms with E-state index in [0.717, 1.165) is 19.6 Å². The van der Waals surface area contributed by atoms with Crippen LogP contribution in [0.15, 0.2) is 72.9 Å². The van der Waals surface area contributed by atoms with Gasteiger partial charge in [0.2, 0.25) is 0 Å². The molecule has 1 aromatic heterocycles. The average Bonchev–Trinajstić information content (AvgIpc) is 3.12. The Morgan fingerprint density at radius 2 is 1.77 bits per heavy atom. The van der Waals surface area contributed by atoms with E-state index in [1.165, 1.54) is 23.7 Å². The van der Waals surface area contributed by atoms with Crippen molar-refractivity contribution in [1.29, 1.82) is 0 Å². The first kappa shape index (κ1) is 16.6. The summed E-state index contributed by atoms with van der Waals surface area (Å²) < 4.78 is 7.48. The van der Waals surface area contributed by atoms with Crippen LogP contribution in [0.3, 0.4) is 0 Å². The van der Waals surface area contributed by atoms with Crippen molar-refractivity contribution in [2.45, 2.75) is 26.1 Å². The van der Waals surface area contributed by atoms with Crippen molar-refractivity contribution in [3.63, 3.8) is 0 Å². The molecule has 0 N–H and O–H groups in total. The molecule has 0 spiro atoms. The van der Waals surface area contributed by atoms with E-state index in [1.54, 1.807) is 0 Å². The monoisotopic (exact) mass is 346 g/mol. The Kier molecular flexibility index (Phi) is 4.59. The molecule has 2 heterocycles. The van der Waals surface area contributed by atoms with Crippen LogP contribution in [0.25, 0.3) is 0 Å². The van der Waals surface area contributed by atoms with Gasteiger partial charge in [-0.3, -0.25) is 9.69 Å². The van der Waals surface area contributed by atoms with Gasteiger partial charge >= 0.3 is 5.97 Å². The summed E-state index contributed by atoms with van der Waals surface area (Å²) in [5.74, 6) is 0.298. The second kappa shape index (κ2) is 7.18. The molecular weight excluding hydrogens is 324 g/mol. The third-order valence-corrected chi connectivity index (χ3v) is 4.82. The van der Waals surface area contributed by atoms with Gasteiger partial charge in [-0.1, -0.05) is 42.5 Å². The first-order chi connectivity index (χ1) is 12.7. The number of fused-ring (bicyclic) bond motifs is 1. The highest BCUT2D eigenvalue weighted by Gasteiger charge is 2.28. The number of carbonyl (C=O) groups excluding carboxylic acids is 1. The molecular formula is C22H22N2O2. The van der Waals surface area contributed by atoms with Crippen molar-refractivity contribution in [3.05, 3.63) is 89.7 Å². The summed E-state index contributed by atoms with van der Waals surface area (Å²) in [6.45, 7) is 4.26. The van der Waals surface area contributed by atoms with Crippen molar-refractivity contribution in [1.82, 2.24) is 9.47 Å². The zero-order valence-electron chi connectivity index (χ0n) is 14.8. The Labute approximate surface area is 153 Å². The quantitative estimate of drug-likeness (QED) is 0.529. The Balaban J connectivity index is 1.60. The molecule has 0 saturated carbocycles. The third kappa shape index (κ3) is 3.41. The Hall–Kier alpha value is -2.85. The van der Waals surface area contributed by atoms with Gasteiger partial charge in [-0.05, 0) is 35.4 Å². The molecule has 3 aromatic rings. The van der Waals surface area contributed by atoms with Crippen LogP contribution in [0.5, 0.6) is 5.75 Å². The second-order valence-electron chi connectivity index (χ2n) is 6.65. The molecule has 132 valence electrons. The highest BCUT2D eigenvalue weighted by Crippen LogP contribution is 2.33. The summed E-state index contributed by atoms with van der Waals surface area (Å²) in [5.41, 5.74) is 3.85. The van der Waals surface area contributed by atoms with Gasteiger partial charge in [0.1, 0.15) is 5.75 Å². The van der Waals surface area contributed by atoms with Crippen LogP contribution < -0.4 is 4.74 Å². The molecule has 2 aromatic carbocycles. The van der Waals surface area contributed by atoms with E-state index >= 15 is 0 Å². The van der Waals surface area contributed by atoms with Gasteiger partial charge in [0.25, 0.3) is 0 Å². The number of carbonyl (C=O) groups is 1. The molecule has 1 atom stereocenters. The van der Waals surface area contributed by atoms with Crippen molar-refractivity contribution >= 4 is 5.97 Å². The van der Waals surface area contributed by atoms with Crippen molar-refractivity contribution in [3.8, 4) is 5.75 Å². The number of benzene rings is 2. The molecule has 1 aliphatic heterocycles. The van der Waals surface area contributed by atoms with Crippen LogP contribution in [-0.2, 0) is 17.9 Å². The van der Waals surface area contributed by atoms with E-state index in [1.807, 2.05) is 24.3 Å². The lowest BCUT2D eigenvalue weighted by Gasteiger charge is -2.37. The predicted octanol–water partition coefficient (Wildman–Crippen LogP) is 4.02. The van der Waals surface area contributed by atoms with E-state index in [9.17, 15) is 4.79 Å². The maximum absolute atomic E-state index is 11.1. The molecule has 0 bridgehead atoms. The van der Waals surface area contributed by atoms with E-state index in [0.29, 0.717) is 5.75 Å². The lowest BCUT2D eigenvalue weighted by Crippen LogP contribution is -2.37. The molecule has 4 nitrogen and oxygen atoms in total. The number of rotatable bonds is 4. The summed E-state index contributed by atoms with van der Waals surface area (Å²) in [6, 6.07) is 23.0. The van der Waals surface area contributed by atoms with Crippen LogP contribution in [0.1, 0.15) is 29.8 Å². The fourth-order valence-electron chi connectivity index (χ4n) is 3.68. The summed E-state index contributed by atoms with van der Waals surface area (Å²) in [5, 5.41) is 0. The third-order valence-electron chi connectivity index (χ3n) is 4.82. The van der Waals surface area contributed by atoms with Gasteiger partial charge in [-0.25, -0.2) is 0 Å². The number of ether oxygens (including phenoxy) is 1. The molecule has 0 aliphatic carbocycles. The number of esters is 1. The van der Waals surface area contributed by atoms with E-state index in [2.05, 4.69) is 58.1 Å². The Bertz CT molecular complexity index is 884. The van der Waals surface area contributed by atoms with Gasteiger partial charge in [0, 0.05) is 38.4 Å². The fourth-order valence-corrected chi connectivity index (χ4v) is 3.68. The second-order valence-corrected chi connectivity index (χ2v) is 6.65. The molecule has 1 aliphatic rings. The largest absolute Gasteiger partial charge is 0.427 e. The molecule has 0 saturated heterocycles. The van der Waals surface area contributed by atoms with Crippen LogP contribution in [0.4, 0.5) is 0 Å². The molecule has 0 fully saturated rings. The minimum atomic E-state index is -0.293. The highest BCUT2D eigenvalue weighted by molar-refractivity contribution is 5.69. The average molecular weight is 346 g/mol. The molecule has 0 amide bonds.